The lowest BCUT2D eigenvalue weighted by atomic mass is 9.89. The van der Waals surface area contributed by atoms with Crippen molar-refractivity contribution in [3.05, 3.63) is 21.9 Å². The Balaban J connectivity index is 2.33. The van der Waals surface area contributed by atoms with Gasteiger partial charge in [0.15, 0.2) is 0 Å². The fraction of sp³-hybridized carbons (Fsp3) is 0.500. The Morgan fingerprint density at radius 2 is 2.56 bits per heavy atom. The minimum Gasteiger partial charge on any atom is -0.344 e. The molecule has 2 atom stereocenters. The van der Waals surface area contributed by atoms with E-state index in [2.05, 4.69) is 16.7 Å². The van der Waals surface area contributed by atoms with Crippen molar-refractivity contribution in [1.29, 1.82) is 5.26 Å². The number of nitriles is 1. The normalized spacial score (nSPS) is 24.5. The predicted molar refractivity (Wildman–Crippen MR) is 70.0 cm³/mol. The van der Waals surface area contributed by atoms with E-state index in [1.165, 1.54) is 11.3 Å². The van der Waals surface area contributed by atoms with Crippen molar-refractivity contribution in [3.8, 4) is 6.07 Å². The molecule has 96 valence electrons. The Hall–Kier alpha value is -1.42. The highest BCUT2D eigenvalue weighted by atomic mass is 32.1. The summed E-state index contributed by atoms with van der Waals surface area (Å²) in [6.45, 7) is 3.11. The number of amides is 1. The fourth-order valence-corrected chi connectivity index (χ4v) is 3.00. The molecule has 1 saturated heterocycles. The summed E-state index contributed by atoms with van der Waals surface area (Å²) in [6, 6.07) is 3.55. The molecule has 0 saturated carbocycles. The van der Waals surface area contributed by atoms with Gasteiger partial charge in [-0.1, -0.05) is 0 Å². The van der Waals surface area contributed by atoms with E-state index < -0.39 is 11.6 Å². The molecule has 1 aromatic heterocycles. The van der Waals surface area contributed by atoms with Crippen LogP contribution in [0.5, 0.6) is 0 Å². The smallest absolute Gasteiger partial charge is 0.237 e. The molecule has 0 spiro atoms. The third-order valence-electron chi connectivity index (χ3n) is 3.21. The SMILES string of the molecule is C[C@H](N)C(=O)N[C@]1(c2ccsc2C#N)CCNC1. The van der Waals surface area contributed by atoms with Crippen molar-refractivity contribution in [2.75, 3.05) is 13.1 Å². The number of nitrogens with zero attached hydrogens (tertiary/aromatic N) is 1. The first-order valence-electron chi connectivity index (χ1n) is 5.85. The highest BCUT2D eigenvalue weighted by molar-refractivity contribution is 7.10. The molecular weight excluding hydrogens is 248 g/mol. The van der Waals surface area contributed by atoms with Crippen molar-refractivity contribution in [2.45, 2.75) is 24.9 Å². The van der Waals surface area contributed by atoms with Gasteiger partial charge in [-0.05, 0) is 31.3 Å². The standard InChI is InChI=1S/C12H16N4OS/c1-8(14)11(17)16-12(3-4-15-7-12)9-2-5-18-10(9)6-13/h2,5,8,15H,3-4,7,14H2,1H3,(H,16,17)/t8-,12+/m0/s1. The third kappa shape index (κ3) is 2.25. The van der Waals surface area contributed by atoms with E-state index in [1.54, 1.807) is 6.92 Å². The van der Waals surface area contributed by atoms with Crippen molar-refractivity contribution in [2.24, 2.45) is 5.73 Å². The molecule has 1 aliphatic heterocycles. The molecule has 0 aliphatic carbocycles. The molecule has 0 aromatic carbocycles. The zero-order valence-corrected chi connectivity index (χ0v) is 11.0. The molecule has 0 unspecified atom stereocenters. The van der Waals surface area contributed by atoms with Gasteiger partial charge < -0.3 is 16.4 Å². The van der Waals surface area contributed by atoms with E-state index in [-0.39, 0.29) is 5.91 Å². The van der Waals surface area contributed by atoms with Gasteiger partial charge in [-0.15, -0.1) is 11.3 Å². The molecule has 1 amide bonds. The molecule has 5 nitrogen and oxygen atoms in total. The van der Waals surface area contributed by atoms with Gasteiger partial charge in [0.05, 0.1) is 11.6 Å². The van der Waals surface area contributed by atoms with Crippen LogP contribution < -0.4 is 16.4 Å². The van der Waals surface area contributed by atoms with Crippen LogP contribution >= 0.6 is 11.3 Å². The van der Waals surface area contributed by atoms with Gasteiger partial charge in [-0.3, -0.25) is 4.79 Å². The maximum Gasteiger partial charge on any atom is 0.237 e. The molecule has 1 aliphatic rings. The Bertz CT molecular complexity index is 483. The number of thiophene rings is 1. The molecule has 6 heteroatoms. The van der Waals surface area contributed by atoms with Crippen LogP contribution in [0.4, 0.5) is 0 Å². The van der Waals surface area contributed by atoms with E-state index >= 15 is 0 Å². The lowest BCUT2D eigenvalue weighted by Gasteiger charge is -2.30. The molecule has 18 heavy (non-hydrogen) atoms. The number of rotatable bonds is 3. The summed E-state index contributed by atoms with van der Waals surface area (Å²) in [5, 5.41) is 17.2. The maximum atomic E-state index is 11.9. The van der Waals surface area contributed by atoms with Crippen LogP contribution in [0.25, 0.3) is 0 Å². The van der Waals surface area contributed by atoms with E-state index in [0.29, 0.717) is 11.4 Å². The summed E-state index contributed by atoms with van der Waals surface area (Å²) < 4.78 is 0. The summed E-state index contributed by atoms with van der Waals surface area (Å²) in [5.41, 5.74) is 6.01. The second-order valence-corrected chi connectivity index (χ2v) is 5.48. The van der Waals surface area contributed by atoms with Gasteiger partial charge in [0.2, 0.25) is 5.91 Å². The quantitative estimate of drug-likeness (QED) is 0.731. The first-order valence-corrected chi connectivity index (χ1v) is 6.73. The number of nitrogens with one attached hydrogen (secondary N) is 2. The first kappa shape index (κ1) is 13.0. The highest BCUT2D eigenvalue weighted by Gasteiger charge is 2.39. The fourth-order valence-electron chi connectivity index (χ4n) is 2.22. The molecule has 2 rings (SSSR count). The van der Waals surface area contributed by atoms with Crippen LogP contribution in [0.15, 0.2) is 11.4 Å². The first-order chi connectivity index (χ1) is 8.59. The molecule has 0 bridgehead atoms. The third-order valence-corrected chi connectivity index (χ3v) is 4.03. The largest absolute Gasteiger partial charge is 0.344 e. The molecular formula is C12H16N4OS. The Kier molecular flexibility index (Phi) is 3.66. The van der Waals surface area contributed by atoms with Crippen LogP contribution in [0.1, 0.15) is 23.8 Å². The second kappa shape index (κ2) is 5.06. The van der Waals surface area contributed by atoms with Crippen LogP contribution in [-0.4, -0.2) is 25.0 Å². The molecule has 4 N–H and O–H groups in total. The van der Waals surface area contributed by atoms with Crippen LogP contribution in [0.2, 0.25) is 0 Å². The Morgan fingerprint density at radius 1 is 1.78 bits per heavy atom. The minimum absolute atomic E-state index is 0.186. The lowest BCUT2D eigenvalue weighted by molar-refractivity contribution is -0.123. The van der Waals surface area contributed by atoms with Gasteiger partial charge >= 0.3 is 0 Å². The zero-order valence-electron chi connectivity index (χ0n) is 10.2. The van der Waals surface area contributed by atoms with E-state index in [4.69, 9.17) is 11.0 Å². The van der Waals surface area contributed by atoms with E-state index in [0.717, 1.165) is 18.5 Å². The zero-order chi connectivity index (χ0) is 13.2. The van der Waals surface area contributed by atoms with Crippen LogP contribution in [-0.2, 0) is 10.3 Å². The van der Waals surface area contributed by atoms with Crippen molar-refractivity contribution in [1.82, 2.24) is 10.6 Å². The van der Waals surface area contributed by atoms with Crippen molar-refractivity contribution < 1.29 is 4.79 Å². The number of hydrogen-bond donors (Lipinski definition) is 3. The van der Waals surface area contributed by atoms with E-state index in [9.17, 15) is 4.79 Å². The van der Waals surface area contributed by atoms with E-state index in [1.807, 2.05) is 11.4 Å². The molecule has 1 aromatic rings. The Morgan fingerprint density at radius 3 is 3.11 bits per heavy atom. The number of carbonyl (C=O) groups is 1. The number of nitrogens with two attached hydrogens (primary N) is 1. The average Bonchev–Trinajstić information content (AvgIpc) is 2.96. The van der Waals surface area contributed by atoms with Gasteiger partial charge in [-0.25, -0.2) is 0 Å². The van der Waals surface area contributed by atoms with Gasteiger partial charge in [0.25, 0.3) is 0 Å². The van der Waals surface area contributed by atoms with Crippen molar-refractivity contribution in [3.63, 3.8) is 0 Å². The van der Waals surface area contributed by atoms with Crippen molar-refractivity contribution >= 4 is 17.2 Å². The van der Waals surface area contributed by atoms with Gasteiger partial charge in [-0.2, -0.15) is 5.26 Å². The molecule has 1 fully saturated rings. The van der Waals surface area contributed by atoms with Gasteiger partial charge in [0, 0.05) is 12.1 Å². The summed E-state index contributed by atoms with van der Waals surface area (Å²) in [4.78, 5) is 12.5. The monoisotopic (exact) mass is 264 g/mol. The number of carbonyl (C=O) groups excluding carboxylic acids is 1. The average molecular weight is 264 g/mol. The Labute approximate surface area is 110 Å². The summed E-state index contributed by atoms with van der Waals surface area (Å²) in [6.07, 6.45) is 0.775. The predicted octanol–water partition coefficient (Wildman–Crippen LogP) is 0.272. The molecule has 2 heterocycles. The summed E-state index contributed by atoms with van der Waals surface area (Å²) in [7, 11) is 0. The van der Waals surface area contributed by atoms with Crippen LogP contribution in [0.3, 0.4) is 0 Å². The van der Waals surface area contributed by atoms with Gasteiger partial charge in [0.1, 0.15) is 10.9 Å². The topological polar surface area (TPSA) is 90.9 Å². The highest BCUT2D eigenvalue weighted by Crippen LogP contribution is 2.33. The maximum absolute atomic E-state index is 11.9. The number of hydrogen-bond acceptors (Lipinski definition) is 5. The molecule has 0 radical (unpaired) electrons. The summed E-state index contributed by atoms with van der Waals surface area (Å²) >= 11 is 1.40. The summed E-state index contributed by atoms with van der Waals surface area (Å²) in [5.74, 6) is -0.186. The lowest BCUT2D eigenvalue weighted by Crippen LogP contribution is -2.52. The van der Waals surface area contributed by atoms with Crippen LogP contribution in [0, 0.1) is 11.3 Å². The second-order valence-electron chi connectivity index (χ2n) is 4.56. The minimum atomic E-state index is -0.549.